The number of rotatable bonds is 8. The summed E-state index contributed by atoms with van der Waals surface area (Å²) in [4.78, 5) is 1.04. The summed E-state index contributed by atoms with van der Waals surface area (Å²) in [6.45, 7) is 3.68. The molecule has 0 radical (unpaired) electrons. The van der Waals surface area contributed by atoms with Crippen molar-refractivity contribution in [3.05, 3.63) is 22.4 Å². The Morgan fingerprint density at radius 2 is 2.28 bits per heavy atom. The van der Waals surface area contributed by atoms with Crippen molar-refractivity contribution in [2.45, 2.75) is 32.7 Å². The van der Waals surface area contributed by atoms with Crippen LogP contribution in [0.5, 0.6) is 0 Å². The normalized spacial score (nSPS) is 16.3. The highest BCUT2D eigenvalue weighted by atomic mass is 32.2. The quantitative estimate of drug-likeness (QED) is 0.797. The second-order valence-electron chi connectivity index (χ2n) is 4.71. The zero-order valence-electron chi connectivity index (χ0n) is 10.6. The predicted octanol–water partition coefficient (Wildman–Crippen LogP) is 2.20. The highest BCUT2D eigenvalue weighted by Gasteiger charge is 2.29. The SMILES string of the molecule is CCCN(CC1CC1)S(=O)(=O)NCc1cccs1. The molecule has 0 atom stereocenters. The van der Waals surface area contributed by atoms with Crippen LogP contribution in [0.15, 0.2) is 17.5 Å². The van der Waals surface area contributed by atoms with Crippen molar-refractivity contribution in [3.8, 4) is 0 Å². The fourth-order valence-electron chi connectivity index (χ4n) is 1.81. The fraction of sp³-hybridized carbons (Fsp3) is 0.667. The van der Waals surface area contributed by atoms with Gasteiger partial charge in [-0.1, -0.05) is 13.0 Å². The van der Waals surface area contributed by atoms with Crippen molar-refractivity contribution in [1.29, 1.82) is 0 Å². The molecule has 0 unspecified atom stereocenters. The number of nitrogens with zero attached hydrogens (tertiary/aromatic N) is 1. The molecule has 4 nitrogen and oxygen atoms in total. The number of nitrogens with one attached hydrogen (secondary N) is 1. The molecule has 102 valence electrons. The van der Waals surface area contributed by atoms with Crippen LogP contribution < -0.4 is 4.72 Å². The van der Waals surface area contributed by atoms with Crippen molar-refractivity contribution in [2.75, 3.05) is 13.1 Å². The summed E-state index contributed by atoms with van der Waals surface area (Å²) in [6.07, 6.45) is 3.19. The van der Waals surface area contributed by atoms with E-state index in [4.69, 9.17) is 0 Å². The topological polar surface area (TPSA) is 49.4 Å². The second kappa shape index (κ2) is 6.14. The van der Waals surface area contributed by atoms with Gasteiger partial charge < -0.3 is 0 Å². The first kappa shape index (κ1) is 14.0. The molecule has 1 heterocycles. The molecule has 0 amide bonds. The molecule has 1 saturated carbocycles. The Morgan fingerprint density at radius 3 is 2.83 bits per heavy atom. The van der Waals surface area contributed by atoms with Crippen molar-refractivity contribution >= 4 is 21.5 Å². The number of thiophene rings is 1. The minimum atomic E-state index is -3.33. The van der Waals surface area contributed by atoms with E-state index < -0.39 is 10.2 Å². The molecule has 1 N–H and O–H groups in total. The van der Waals surface area contributed by atoms with E-state index in [9.17, 15) is 8.42 Å². The molecule has 0 aliphatic heterocycles. The van der Waals surface area contributed by atoms with Gasteiger partial charge in [-0.3, -0.25) is 0 Å². The van der Waals surface area contributed by atoms with Gasteiger partial charge in [0.05, 0.1) is 0 Å². The van der Waals surface area contributed by atoms with Crippen molar-refractivity contribution in [2.24, 2.45) is 5.92 Å². The maximum Gasteiger partial charge on any atom is 0.279 e. The van der Waals surface area contributed by atoms with Gasteiger partial charge in [0.2, 0.25) is 0 Å². The first-order valence-electron chi connectivity index (χ1n) is 6.39. The standard InChI is InChI=1S/C12H20N2O2S2/c1-2-7-14(10-11-5-6-11)18(15,16)13-9-12-4-3-8-17-12/h3-4,8,11,13H,2,5-7,9-10H2,1H3. The molecule has 0 saturated heterocycles. The Labute approximate surface area is 113 Å². The third-order valence-electron chi connectivity index (χ3n) is 2.98. The lowest BCUT2D eigenvalue weighted by Crippen LogP contribution is -2.41. The van der Waals surface area contributed by atoms with E-state index in [2.05, 4.69) is 4.72 Å². The molecule has 6 heteroatoms. The van der Waals surface area contributed by atoms with Crippen LogP contribution in [0, 0.1) is 5.92 Å². The zero-order valence-corrected chi connectivity index (χ0v) is 12.3. The van der Waals surface area contributed by atoms with E-state index in [1.165, 1.54) is 12.8 Å². The summed E-state index contributed by atoms with van der Waals surface area (Å²) in [5.41, 5.74) is 0. The third-order valence-corrected chi connectivity index (χ3v) is 5.38. The lowest BCUT2D eigenvalue weighted by molar-refractivity contribution is 0.388. The van der Waals surface area contributed by atoms with Gasteiger partial charge in [0.15, 0.2) is 0 Å². The minimum absolute atomic E-state index is 0.394. The summed E-state index contributed by atoms with van der Waals surface area (Å²) in [5, 5.41) is 1.96. The molecule has 1 aromatic rings. The van der Waals surface area contributed by atoms with Crippen LogP contribution in [-0.2, 0) is 16.8 Å². The first-order chi connectivity index (χ1) is 8.62. The average Bonchev–Trinajstić information content (AvgIpc) is 3.00. The summed E-state index contributed by atoms with van der Waals surface area (Å²) in [6, 6.07) is 3.88. The Kier molecular flexibility index (Phi) is 4.77. The van der Waals surface area contributed by atoms with Gasteiger partial charge in [-0.2, -0.15) is 17.4 Å². The fourth-order valence-corrected chi connectivity index (χ4v) is 3.90. The molecule has 0 aromatic carbocycles. The molecule has 0 bridgehead atoms. The lowest BCUT2D eigenvalue weighted by atomic mass is 10.4. The van der Waals surface area contributed by atoms with Crippen LogP contribution in [0.25, 0.3) is 0 Å². The third kappa shape index (κ3) is 4.05. The lowest BCUT2D eigenvalue weighted by Gasteiger charge is -2.21. The van der Waals surface area contributed by atoms with E-state index in [1.807, 2.05) is 24.4 Å². The Morgan fingerprint density at radius 1 is 1.50 bits per heavy atom. The largest absolute Gasteiger partial charge is 0.279 e. The summed E-state index contributed by atoms with van der Waals surface area (Å²) >= 11 is 1.57. The Hall–Kier alpha value is -0.430. The van der Waals surface area contributed by atoms with E-state index in [1.54, 1.807) is 15.6 Å². The van der Waals surface area contributed by atoms with E-state index in [0.29, 0.717) is 25.6 Å². The van der Waals surface area contributed by atoms with Crippen molar-refractivity contribution in [3.63, 3.8) is 0 Å². The van der Waals surface area contributed by atoms with E-state index in [0.717, 1.165) is 11.3 Å². The summed E-state index contributed by atoms with van der Waals surface area (Å²) in [7, 11) is -3.33. The molecule has 0 spiro atoms. The predicted molar refractivity (Wildman–Crippen MR) is 74.7 cm³/mol. The summed E-state index contributed by atoms with van der Waals surface area (Å²) < 4.78 is 28.7. The number of hydrogen-bond donors (Lipinski definition) is 1. The van der Waals surface area contributed by atoms with Gasteiger partial charge in [0.1, 0.15) is 0 Å². The average molecular weight is 288 g/mol. The monoisotopic (exact) mass is 288 g/mol. The first-order valence-corrected chi connectivity index (χ1v) is 8.71. The van der Waals surface area contributed by atoms with Gasteiger partial charge in [-0.05, 0) is 36.6 Å². The van der Waals surface area contributed by atoms with Gasteiger partial charge in [0.25, 0.3) is 10.2 Å². The molecule has 1 aliphatic carbocycles. The second-order valence-corrected chi connectivity index (χ2v) is 7.49. The molecular formula is C12H20N2O2S2. The molecule has 1 aliphatic rings. The maximum absolute atomic E-state index is 12.2. The van der Waals surface area contributed by atoms with Gasteiger partial charge in [-0.15, -0.1) is 11.3 Å². The molecule has 18 heavy (non-hydrogen) atoms. The molecule has 1 aromatic heterocycles. The summed E-state index contributed by atoms with van der Waals surface area (Å²) in [5.74, 6) is 0.579. The van der Waals surface area contributed by atoms with Gasteiger partial charge in [0, 0.05) is 24.5 Å². The van der Waals surface area contributed by atoms with Crippen LogP contribution in [-0.4, -0.2) is 25.8 Å². The van der Waals surface area contributed by atoms with Gasteiger partial charge >= 0.3 is 0 Å². The van der Waals surface area contributed by atoms with E-state index >= 15 is 0 Å². The van der Waals surface area contributed by atoms with Gasteiger partial charge in [-0.25, -0.2) is 0 Å². The van der Waals surface area contributed by atoms with Crippen LogP contribution in [0.1, 0.15) is 31.1 Å². The van der Waals surface area contributed by atoms with Crippen LogP contribution in [0.4, 0.5) is 0 Å². The molecule has 2 rings (SSSR count). The van der Waals surface area contributed by atoms with E-state index in [-0.39, 0.29) is 0 Å². The smallest absolute Gasteiger partial charge is 0.197 e. The number of hydrogen-bond acceptors (Lipinski definition) is 3. The van der Waals surface area contributed by atoms with Crippen LogP contribution in [0.3, 0.4) is 0 Å². The molecule has 1 fully saturated rings. The molecular weight excluding hydrogens is 268 g/mol. The van der Waals surface area contributed by atoms with Crippen LogP contribution in [0.2, 0.25) is 0 Å². The Balaban J connectivity index is 1.92. The highest BCUT2D eigenvalue weighted by molar-refractivity contribution is 7.87. The highest BCUT2D eigenvalue weighted by Crippen LogP contribution is 2.30. The minimum Gasteiger partial charge on any atom is -0.197 e. The van der Waals surface area contributed by atoms with Crippen molar-refractivity contribution < 1.29 is 8.42 Å². The zero-order chi connectivity index (χ0) is 13.0. The Bertz CT molecular complexity index is 452. The van der Waals surface area contributed by atoms with Crippen LogP contribution >= 0.6 is 11.3 Å². The van der Waals surface area contributed by atoms with Crippen molar-refractivity contribution in [1.82, 2.24) is 9.03 Å². The maximum atomic E-state index is 12.2.